The maximum absolute atomic E-state index is 5.06. The Bertz CT molecular complexity index is 128. The van der Waals surface area contributed by atoms with Crippen LogP contribution in [0.3, 0.4) is 0 Å². The Balaban J connectivity index is 3.07. The predicted molar refractivity (Wildman–Crippen MR) is 46.4 cm³/mol. The highest BCUT2D eigenvalue weighted by Crippen LogP contribution is 1.92. The summed E-state index contributed by atoms with van der Waals surface area (Å²) in [6, 6.07) is 0. The van der Waals surface area contributed by atoms with Crippen LogP contribution in [-0.2, 0) is 9.47 Å². The van der Waals surface area contributed by atoms with Gasteiger partial charge in [-0.3, -0.25) is 0 Å². The molecule has 0 aliphatic rings. The maximum atomic E-state index is 5.06. The molecule has 0 spiro atoms. The number of ether oxygens (including phenoxy) is 2. The highest BCUT2D eigenvalue weighted by Gasteiger charge is 1.82. The van der Waals surface area contributed by atoms with Gasteiger partial charge in [0.1, 0.15) is 6.79 Å². The first-order valence-electron chi connectivity index (χ1n) is 3.66. The minimum atomic E-state index is 0.376. The molecule has 0 radical (unpaired) electrons. The van der Waals surface area contributed by atoms with Gasteiger partial charge < -0.3 is 9.47 Å². The van der Waals surface area contributed by atoms with Crippen LogP contribution in [0.15, 0.2) is 24.3 Å². The zero-order chi connectivity index (χ0) is 8.53. The van der Waals surface area contributed by atoms with Gasteiger partial charge in [0.05, 0.1) is 6.61 Å². The van der Waals surface area contributed by atoms with E-state index in [9.17, 15) is 0 Å². The summed E-state index contributed by atoms with van der Waals surface area (Å²) in [5.41, 5.74) is 1.07. The highest BCUT2D eigenvalue weighted by atomic mass is 16.7. The Labute approximate surface area is 68.5 Å². The van der Waals surface area contributed by atoms with Crippen molar-refractivity contribution in [2.75, 3.05) is 20.5 Å². The van der Waals surface area contributed by atoms with E-state index in [0.717, 1.165) is 12.0 Å². The average Bonchev–Trinajstić information content (AvgIpc) is 1.96. The topological polar surface area (TPSA) is 18.5 Å². The molecule has 0 saturated heterocycles. The Morgan fingerprint density at radius 2 is 2.27 bits per heavy atom. The Hall–Kier alpha value is -0.600. The second kappa shape index (κ2) is 7.51. The van der Waals surface area contributed by atoms with Crippen molar-refractivity contribution in [3.05, 3.63) is 24.3 Å². The van der Waals surface area contributed by atoms with Crippen molar-refractivity contribution >= 4 is 0 Å². The predicted octanol–water partition coefficient (Wildman–Crippen LogP) is 2.13. The number of methoxy groups -OCH3 is 1. The van der Waals surface area contributed by atoms with Crippen LogP contribution >= 0.6 is 0 Å². The lowest BCUT2D eigenvalue weighted by molar-refractivity contribution is -0.0285. The van der Waals surface area contributed by atoms with Gasteiger partial charge in [0, 0.05) is 7.11 Å². The molecule has 0 unspecified atom stereocenters. The smallest absolute Gasteiger partial charge is 0.146 e. The minimum absolute atomic E-state index is 0.376. The van der Waals surface area contributed by atoms with E-state index in [1.807, 2.05) is 19.1 Å². The molecule has 0 atom stereocenters. The average molecular weight is 156 g/mol. The zero-order valence-corrected chi connectivity index (χ0v) is 7.30. The SMILES string of the molecule is C=C(C)/C=C/CCOCOC. The lowest BCUT2D eigenvalue weighted by atomic mass is 10.3. The first kappa shape index (κ1) is 10.4. The van der Waals surface area contributed by atoms with Gasteiger partial charge in [0.2, 0.25) is 0 Å². The fourth-order valence-corrected chi connectivity index (χ4v) is 0.578. The van der Waals surface area contributed by atoms with Crippen LogP contribution < -0.4 is 0 Å². The fourth-order valence-electron chi connectivity index (χ4n) is 0.578. The van der Waals surface area contributed by atoms with Gasteiger partial charge in [0.15, 0.2) is 0 Å². The van der Waals surface area contributed by atoms with Gasteiger partial charge in [-0.15, -0.1) is 0 Å². The molecule has 0 rings (SSSR count). The van der Waals surface area contributed by atoms with E-state index < -0.39 is 0 Å². The van der Waals surface area contributed by atoms with E-state index >= 15 is 0 Å². The van der Waals surface area contributed by atoms with Crippen molar-refractivity contribution in [2.45, 2.75) is 13.3 Å². The third-order valence-corrected chi connectivity index (χ3v) is 1.03. The molecule has 0 fully saturated rings. The molecule has 2 heteroatoms. The molecule has 0 amide bonds. The molecule has 0 bridgehead atoms. The number of rotatable bonds is 6. The summed E-state index contributed by atoms with van der Waals surface area (Å²) in [6.45, 7) is 6.78. The minimum Gasteiger partial charge on any atom is -0.359 e. The van der Waals surface area contributed by atoms with Crippen molar-refractivity contribution < 1.29 is 9.47 Å². The molecular formula is C9H16O2. The van der Waals surface area contributed by atoms with E-state index in [-0.39, 0.29) is 0 Å². The van der Waals surface area contributed by atoms with Crippen LogP contribution in [0.4, 0.5) is 0 Å². The van der Waals surface area contributed by atoms with Crippen molar-refractivity contribution in [3.63, 3.8) is 0 Å². The zero-order valence-electron chi connectivity index (χ0n) is 7.30. The normalized spacial score (nSPS) is 10.7. The number of hydrogen-bond acceptors (Lipinski definition) is 2. The van der Waals surface area contributed by atoms with E-state index in [2.05, 4.69) is 6.58 Å². The van der Waals surface area contributed by atoms with E-state index in [4.69, 9.17) is 9.47 Å². The molecule has 0 aromatic carbocycles. The van der Waals surface area contributed by atoms with Gasteiger partial charge in [-0.1, -0.05) is 24.3 Å². The third kappa shape index (κ3) is 9.40. The summed E-state index contributed by atoms with van der Waals surface area (Å²) >= 11 is 0. The molecule has 0 aliphatic heterocycles. The molecule has 0 heterocycles. The largest absolute Gasteiger partial charge is 0.359 e. The Morgan fingerprint density at radius 3 is 2.82 bits per heavy atom. The lowest BCUT2D eigenvalue weighted by Crippen LogP contribution is -1.96. The quantitative estimate of drug-likeness (QED) is 0.333. The van der Waals surface area contributed by atoms with Gasteiger partial charge in [-0.05, 0) is 13.3 Å². The molecule has 0 N–H and O–H groups in total. The Morgan fingerprint density at radius 1 is 1.55 bits per heavy atom. The summed E-state index contributed by atoms with van der Waals surface area (Å²) < 4.78 is 9.77. The third-order valence-electron chi connectivity index (χ3n) is 1.03. The second-order valence-electron chi connectivity index (χ2n) is 2.35. The van der Waals surface area contributed by atoms with E-state index in [1.54, 1.807) is 7.11 Å². The van der Waals surface area contributed by atoms with Gasteiger partial charge >= 0.3 is 0 Å². The summed E-state index contributed by atoms with van der Waals surface area (Å²) in [6.07, 6.45) is 4.93. The number of allylic oxidation sites excluding steroid dienone is 2. The molecule has 0 aromatic rings. The molecule has 2 nitrogen and oxygen atoms in total. The van der Waals surface area contributed by atoms with Crippen LogP contribution in [0.2, 0.25) is 0 Å². The molecule has 64 valence electrons. The summed E-state index contributed by atoms with van der Waals surface area (Å²) in [5.74, 6) is 0. The summed E-state index contributed by atoms with van der Waals surface area (Å²) in [4.78, 5) is 0. The summed E-state index contributed by atoms with van der Waals surface area (Å²) in [7, 11) is 1.61. The van der Waals surface area contributed by atoms with Crippen LogP contribution in [0.1, 0.15) is 13.3 Å². The first-order valence-corrected chi connectivity index (χ1v) is 3.66. The van der Waals surface area contributed by atoms with Crippen molar-refractivity contribution in [2.24, 2.45) is 0 Å². The standard InChI is InChI=1S/C9H16O2/c1-9(2)6-4-5-7-11-8-10-3/h4,6H,1,5,7-8H2,2-3H3/b6-4+. The van der Waals surface area contributed by atoms with Crippen molar-refractivity contribution in [3.8, 4) is 0 Å². The summed E-state index contributed by atoms with van der Waals surface area (Å²) in [5, 5.41) is 0. The molecule has 0 aromatic heterocycles. The van der Waals surface area contributed by atoms with Crippen LogP contribution in [0.25, 0.3) is 0 Å². The second-order valence-corrected chi connectivity index (χ2v) is 2.35. The molecule has 0 saturated carbocycles. The maximum Gasteiger partial charge on any atom is 0.146 e. The number of hydrogen-bond donors (Lipinski definition) is 0. The monoisotopic (exact) mass is 156 g/mol. The lowest BCUT2D eigenvalue weighted by Gasteiger charge is -1.98. The van der Waals surface area contributed by atoms with Gasteiger partial charge in [-0.2, -0.15) is 0 Å². The van der Waals surface area contributed by atoms with Crippen LogP contribution in [-0.4, -0.2) is 20.5 Å². The molecule has 0 aliphatic carbocycles. The first-order chi connectivity index (χ1) is 5.27. The van der Waals surface area contributed by atoms with Crippen LogP contribution in [0, 0.1) is 0 Å². The van der Waals surface area contributed by atoms with E-state index in [1.165, 1.54) is 0 Å². The van der Waals surface area contributed by atoms with E-state index in [0.29, 0.717) is 13.4 Å². The van der Waals surface area contributed by atoms with Crippen molar-refractivity contribution in [1.82, 2.24) is 0 Å². The molecular weight excluding hydrogens is 140 g/mol. The highest BCUT2D eigenvalue weighted by molar-refractivity contribution is 5.10. The molecule has 11 heavy (non-hydrogen) atoms. The van der Waals surface area contributed by atoms with Gasteiger partial charge in [-0.25, -0.2) is 0 Å². The Kier molecular flexibility index (Phi) is 7.10. The van der Waals surface area contributed by atoms with Gasteiger partial charge in [0.25, 0.3) is 0 Å². The van der Waals surface area contributed by atoms with Crippen LogP contribution in [0.5, 0.6) is 0 Å². The fraction of sp³-hybridized carbons (Fsp3) is 0.556. The van der Waals surface area contributed by atoms with Crippen molar-refractivity contribution in [1.29, 1.82) is 0 Å².